The summed E-state index contributed by atoms with van der Waals surface area (Å²) in [5, 5.41) is 17.2. The van der Waals surface area contributed by atoms with Crippen LogP contribution in [0.1, 0.15) is 66.2 Å². The minimum Gasteiger partial charge on any atom is -0.309 e. The minimum atomic E-state index is -4.62. The topological polar surface area (TPSA) is 118 Å². The molecule has 3 atom stereocenters. The molecule has 4 aromatic heterocycles. The number of aromatic nitrogens is 7. The predicted molar refractivity (Wildman–Crippen MR) is 114 cm³/mol. The van der Waals surface area contributed by atoms with Gasteiger partial charge in [0.15, 0.2) is 17.0 Å². The number of fused-ring (bicyclic) bond motifs is 1. The lowest BCUT2D eigenvalue weighted by molar-refractivity contribution is -0.142. The number of hydrogen-bond acceptors (Lipinski definition) is 6. The van der Waals surface area contributed by atoms with Gasteiger partial charge in [0, 0.05) is 18.3 Å². The summed E-state index contributed by atoms with van der Waals surface area (Å²) in [6.45, 7) is 1.59. The molecule has 0 aromatic carbocycles. The van der Waals surface area contributed by atoms with Gasteiger partial charge in [-0.05, 0) is 37.5 Å². The molecule has 0 amide bonds. The second-order valence-corrected chi connectivity index (χ2v) is 8.64. The molecule has 5 rings (SSSR count). The minimum absolute atomic E-state index is 0.0183. The van der Waals surface area contributed by atoms with Crippen molar-refractivity contribution in [2.24, 2.45) is 0 Å². The Kier molecular flexibility index (Phi) is 5.57. The molecule has 15 heteroatoms. The number of H-pyrrole nitrogens is 1. The van der Waals surface area contributed by atoms with Gasteiger partial charge in [-0.25, -0.2) is 9.67 Å². The molecule has 1 N–H and O–H groups in total. The average molecular weight is 522 g/mol. The van der Waals surface area contributed by atoms with E-state index in [-0.39, 0.29) is 22.6 Å². The highest BCUT2D eigenvalue weighted by molar-refractivity contribution is 5.80. The second-order valence-electron chi connectivity index (χ2n) is 8.64. The molecular formula is C22H16F6N8O. The normalized spacial score (nSPS) is 19.0. The van der Waals surface area contributed by atoms with Gasteiger partial charge in [0.25, 0.3) is 5.56 Å². The molecule has 1 aliphatic rings. The largest absolute Gasteiger partial charge is 0.435 e. The smallest absolute Gasteiger partial charge is 0.309 e. The summed E-state index contributed by atoms with van der Waals surface area (Å²) in [5.41, 5.74) is -2.66. The Labute approximate surface area is 203 Å². The standard InChI is InChI=1S/C22H16F6N8O/c1-10(11-2-5-15(30-9-11)21(23,24)25)36-19-17(13(8-29)33-36)20(37)32-18(31-19)12-3-4-14(12)35-7-6-16(34-35)22(26,27)28/h2,5-7,9-10,12,14H,3-4H2,1H3,(H,31,32,37)/t10-,12-,14-/m0/s1. The van der Waals surface area contributed by atoms with Crippen LogP contribution in [0.2, 0.25) is 0 Å². The molecule has 4 heterocycles. The van der Waals surface area contributed by atoms with Crippen LogP contribution < -0.4 is 5.56 Å². The summed E-state index contributed by atoms with van der Waals surface area (Å²) in [7, 11) is 0. The molecule has 192 valence electrons. The Balaban J connectivity index is 1.54. The average Bonchev–Trinajstić information content (AvgIpc) is 3.43. The molecule has 1 fully saturated rings. The van der Waals surface area contributed by atoms with Crippen LogP contribution >= 0.6 is 0 Å². The molecule has 4 aromatic rings. The van der Waals surface area contributed by atoms with Crippen LogP contribution in [-0.2, 0) is 12.4 Å². The summed E-state index contributed by atoms with van der Waals surface area (Å²) in [6.07, 6.45) is -5.96. The van der Waals surface area contributed by atoms with Crippen molar-refractivity contribution < 1.29 is 26.3 Å². The Bertz CT molecular complexity index is 1570. The van der Waals surface area contributed by atoms with Crippen molar-refractivity contribution >= 4 is 11.0 Å². The van der Waals surface area contributed by atoms with Crippen LogP contribution in [0.25, 0.3) is 11.0 Å². The lowest BCUT2D eigenvalue weighted by atomic mass is 9.79. The predicted octanol–water partition coefficient (Wildman–Crippen LogP) is 4.35. The van der Waals surface area contributed by atoms with E-state index in [1.165, 1.54) is 21.6 Å². The van der Waals surface area contributed by atoms with Crippen molar-refractivity contribution in [1.29, 1.82) is 5.26 Å². The van der Waals surface area contributed by atoms with Crippen LogP contribution in [0.15, 0.2) is 35.4 Å². The number of alkyl halides is 6. The van der Waals surface area contributed by atoms with E-state index < -0.39 is 47.3 Å². The number of aromatic amines is 1. The number of nitrogens with one attached hydrogen (secondary N) is 1. The Morgan fingerprint density at radius 2 is 1.81 bits per heavy atom. The Morgan fingerprint density at radius 3 is 2.35 bits per heavy atom. The summed E-state index contributed by atoms with van der Waals surface area (Å²) in [6, 6.07) is 3.47. The lowest BCUT2D eigenvalue weighted by Gasteiger charge is -2.35. The van der Waals surface area contributed by atoms with E-state index in [1.54, 1.807) is 6.92 Å². The maximum atomic E-state index is 13.0. The third-order valence-electron chi connectivity index (χ3n) is 6.44. The molecule has 0 saturated heterocycles. The van der Waals surface area contributed by atoms with Crippen LogP contribution in [0.3, 0.4) is 0 Å². The first kappa shape index (κ1) is 24.5. The van der Waals surface area contributed by atoms with Crippen LogP contribution in [-0.4, -0.2) is 34.5 Å². The molecular weight excluding hydrogens is 506 g/mol. The Hall–Kier alpha value is -4.22. The Morgan fingerprint density at radius 1 is 1.08 bits per heavy atom. The zero-order chi connectivity index (χ0) is 26.7. The van der Waals surface area contributed by atoms with Crippen LogP contribution in [0, 0.1) is 11.3 Å². The monoisotopic (exact) mass is 522 g/mol. The fourth-order valence-electron chi connectivity index (χ4n) is 4.34. The zero-order valence-electron chi connectivity index (χ0n) is 18.8. The number of pyridine rings is 1. The SMILES string of the molecule is C[C@@H](c1ccc(C(F)(F)F)nc1)n1nc(C#N)c2c(=O)[nH]c([C@H]3CC[C@@H]3n3ccc(C(F)(F)F)n3)nc21. The van der Waals surface area contributed by atoms with Gasteiger partial charge >= 0.3 is 12.4 Å². The quantitative estimate of drug-likeness (QED) is 0.398. The third-order valence-corrected chi connectivity index (χ3v) is 6.44. The summed E-state index contributed by atoms with van der Waals surface area (Å²) >= 11 is 0. The number of halogens is 6. The van der Waals surface area contributed by atoms with Gasteiger partial charge in [0.1, 0.15) is 23.0 Å². The molecule has 0 unspecified atom stereocenters. The van der Waals surface area contributed by atoms with Gasteiger partial charge in [0.2, 0.25) is 0 Å². The summed E-state index contributed by atoms with van der Waals surface area (Å²) in [4.78, 5) is 23.5. The van der Waals surface area contributed by atoms with E-state index in [1.807, 2.05) is 6.07 Å². The number of hydrogen-bond donors (Lipinski definition) is 1. The van der Waals surface area contributed by atoms with E-state index in [0.717, 1.165) is 18.3 Å². The van der Waals surface area contributed by atoms with Crippen molar-refractivity contribution in [3.05, 3.63) is 69.4 Å². The number of rotatable bonds is 4. The molecule has 0 bridgehead atoms. The van der Waals surface area contributed by atoms with Gasteiger partial charge in [-0.15, -0.1) is 0 Å². The molecule has 0 aliphatic heterocycles. The van der Waals surface area contributed by atoms with E-state index in [4.69, 9.17) is 0 Å². The highest BCUT2D eigenvalue weighted by Gasteiger charge is 2.40. The summed E-state index contributed by atoms with van der Waals surface area (Å²) < 4.78 is 80.1. The van der Waals surface area contributed by atoms with Crippen molar-refractivity contribution in [2.75, 3.05) is 0 Å². The van der Waals surface area contributed by atoms with E-state index >= 15 is 0 Å². The maximum absolute atomic E-state index is 13.0. The maximum Gasteiger partial charge on any atom is 0.435 e. The van der Waals surface area contributed by atoms with E-state index in [0.29, 0.717) is 18.4 Å². The van der Waals surface area contributed by atoms with Gasteiger partial charge in [-0.3, -0.25) is 14.5 Å². The molecule has 9 nitrogen and oxygen atoms in total. The van der Waals surface area contributed by atoms with E-state index in [9.17, 15) is 36.4 Å². The van der Waals surface area contributed by atoms with Crippen molar-refractivity contribution in [1.82, 2.24) is 34.5 Å². The van der Waals surface area contributed by atoms with Gasteiger partial charge in [0.05, 0.1) is 12.1 Å². The molecule has 0 spiro atoms. The highest BCUT2D eigenvalue weighted by atomic mass is 19.4. The number of nitriles is 1. The van der Waals surface area contributed by atoms with Gasteiger partial charge in [-0.2, -0.15) is 41.8 Å². The van der Waals surface area contributed by atoms with Gasteiger partial charge in [-0.1, -0.05) is 6.07 Å². The highest BCUT2D eigenvalue weighted by Crippen LogP contribution is 2.45. The van der Waals surface area contributed by atoms with Gasteiger partial charge < -0.3 is 4.98 Å². The number of nitrogens with zero attached hydrogens (tertiary/aromatic N) is 7. The lowest BCUT2D eigenvalue weighted by Crippen LogP contribution is -2.31. The fraction of sp³-hybridized carbons (Fsp3) is 0.364. The van der Waals surface area contributed by atoms with Crippen molar-refractivity contribution in [3.8, 4) is 6.07 Å². The first-order valence-corrected chi connectivity index (χ1v) is 11.0. The van der Waals surface area contributed by atoms with Crippen LogP contribution in [0.5, 0.6) is 0 Å². The zero-order valence-corrected chi connectivity index (χ0v) is 18.8. The van der Waals surface area contributed by atoms with E-state index in [2.05, 4.69) is 25.1 Å². The molecule has 0 radical (unpaired) electrons. The molecule has 1 saturated carbocycles. The van der Waals surface area contributed by atoms with Crippen LogP contribution in [0.4, 0.5) is 26.3 Å². The second kappa shape index (κ2) is 8.43. The first-order valence-electron chi connectivity index (χ1n) is 11.0. The third kappa shape index (κ3) is 4.21. The molecule has 37 heavy (non-hydrogen) atoms. The van der Waals surface area contributed by atoms with Crippen molar-refractivity contribution in [3.63, 3.8) is 0 Å². The molecule has 1 aliphatic carbocycles. The first-order chi connectivity index (χ1) is 17.4. The van der Waals surface area contributed by atoms with Crippen molar-refractivity contribution in [2.45, 2.75) is 50.1 Å². The fourth-order valence-corrected chi connectivity index (χ4v) is 4.34. The summed E-state index contributed by atoms with van der Waals surface area (Å²) in [5.74, 6) is -0.281.